The van der Waals surface area contributed by atoms with Crippen molar-refractivity contribution in [1.29, 1.82) is 0 Å². The van der Waals surface area contributed by atoms with Crippen LogP contribution in [0.3, 0.4) is 0 Å². The molecule has 1 radical (unpaired) electrons. The minimum absolute atomic E-state index is 0. The Labute approximate surface area is 428 Å². The molecule has 4 heterocycles. The molecule has 0 aliphatic heterocycles. The summed E-state index contributed by atoms with van der Waals surface area (Å²) >= 11 is 0. The number of aromatic nitrogens is 8. The first kappa shape index (κ1) is 51.5. The molecule has 4 aromatic heterocycles. The normalized spacial score (nSPS) is 10.7. The van der Waals surface area contributed by atoms with Crippen molar-refractivity contribution < 1.29 is 61.4 Å². The number of pyridine rings is 1. The summed E-state index contributed by atoms with van der Waals surface area (Å²) in [6.07, 6.45) is 3.71. The fourth-order valence-electron chi connectivity index (χ4n) is 7.69. The van der Waals surface area contributed by atoms with Crippen molar-refractivity contribution >= 4 is 0 Å². The molecule has 10 rings (SSSR count). The molecule has 0 aliphatic rings. The van der Waals surface area contributed by atoms with Crippen molar-refractivity contribution in [3.63, 3.8) is 0 Å². The van der Waals surface area contributed by atoms with E-state index in [2.05, 4.69) is 93.5 Å². The third-order valence-electron chi connectivity index (χ3n) is 10.9. The Morgan fingerprint density at radius 1 is 0.542 bits per heavy atom. The second kappa shape index (κ2) is 23.5. The van der Waals surface area contributed by atoms with Crippen molar-refractivity contribution in [3.05, 3.63) is 201 Å². The van der Waals surface area contributed by atoms with E-state index in [-0.39, 0.29) is 31.6 Å². The summed E-state index contributed by atoms with van der Waals surface area (Å²) in [7, 11) is 10.6. The number of methoxy groups -OCH3 is 4. The van der Waals surface area contributed by atoms with Gasteiger partial charge in [0.15, 0.2) is 0 Å². The predicted molar refractivity (Wildman–Crippen MR) is 261 cm³/mol. The van der Waals surface area contributed by atoms with Crippen LogP contribution in [0.15, 0.2) is 170 Å². The van der Waals surface area contributed by atoms with Gasteiger partial charge in [0.2, 0.25) is 12.7 Å². The number of ether oxygens (including phenoxy) is 4. The Hall–Kier alpha value is -8.33. The van der Waals surface area contributed by atoms with Crippen LogP contribution in [-0.2, 0) is 40.4 Å². The maximum atomic E-state index is 12.1. The molecule has 0 amide bonds. The van der Waals surface area contributed by atoms with Crippen LogP contribution in [0.25, 0.3) is 67.9 Å². The molecule has 6 aromatic carbocycles. The van der Waals surface area contributed by atoms with Gasteiger partial charge in [0.05, 0.1) is 71.0 Å². The summed E-state index contributed by atoms with van der Waals surface area (Å²) in [5, 5.41) is 6.25. The van der Waals surface area contributed by atoms with Crippen molar-refractivity contribution in [1.82, 2.24) is 29.3 Å². The van der Waals surface area contributed by atoms with Crippen LogP contribution in [0.1, 0.15) is 5.82 Å². The van der Waals surface area contributed by atoms with E-state index in [1.807, 2.05) is 129 Å². The number of halogens is 3. The molecule has 12 nitrogen and oxygen atoms in total. The Bertz CT molecular complexity index is 3140. The number of nitrogens with zero attached hydrogens (tertiary/aromatic N) is 8. The molecule has 0 bridgehead atoms. The van der Waals surface area contributed by atoms with Crippen molar-refractivity contribution in [2.24, 2.45) is 14.1 Å². The van der Waals surface area contributed by atoms with Crippen LogP contribution in [0.4, 0.5) is 13.2 Å². The van der Waals surface area contributed by atoms with E-state index >= 15 is 0 Å². The molecule has 0 aliphatic carbocycles. The topological polar surface area (TPSA) is 107 Å². The van der Waals surface area contributed by atoms with Crippen LogP contribution >= 0.6 is 0 Å². The van der Waals surface area contributed by atoms with Crippen LogP contribution in [0.2, 0.25) is 0 Å². The van der Waals surface area contributed by atoms with Gasteiger partial charge >= 0.3 is 6.18 Å². The summed E-state index contributed by atoms with van der Waals surface area (Å²) in [6.45, 7) is 0. The maximum Gasteiger partial charge on any atom is 0.429 e. The van der Waals surface area contributed by atoms with Crippen molar-refractivity contribution in [2.75, 3.05) is 28.4 Å². The van der Waals surface area contributed by atoms with E-state index in [4.69, 9.17) is 18.9 Å². The molecule has 0 fully saturated rings. The van der Waals surface area contributed by atoms with E-state index < -0.39 is 12.0 Å². The summed E-state index contributed by atoms with van der Waals surface area (Å²) in [6, 6.07) is 59.9. The molecule has 0 saturated carbocycles. The van der Waals surface area contributed by atoms with Gasteiger partial charge in [-0.1, -0.05) is 140 Å². The minimum atomic E-state index is -4.57. The quantitative estimate of drug-likeness (QED) is 0.0932. The summed E-state index contributed by atoms with van der Waals surface area (Å²) in [5.41, 5.74) is 10.4. The second-order valence-electron chi connectivity index (χ2n) is 15.4. The average Bonchev–Trinajstić information content (AvgIpc) is 4.16. The van der Waals surface area contributed by atoms with Gasteiger partial charge in [0.25, 0.3) is 0 Å². The zero-order valence-corrected chi connectivity index (χ0v) is 42.2. The Morgan fingerprint density at radius 2 is 0.944 bits per heavy atom. The van der Waals surface area contributed by atoms with E-state index in [0.29, 0.717) is 23.0 Å². The molecule has 0 unspecified atom stereocenters. The summed E-state index contributed by atoms with van der Waals surface area (Å²) in [4.78, 5) is 7.05. The molecular weight excluding hydrogens is 1100 g/mol. The second-order valence-corrected chi connectivity index (χ2v) is 15.4. The summed E-state index contributed by atoms with van der Waals surface area (Å²) < 4.78 is 66.3. The number of hydrogen-bond donors (Lipinski definition) is 0. The van der Waals surface area contributed by atoms with Gasteiger partial charge in [-0.15, -0.1) is 12.1 Å². The van der Waals surface area contributed by atoms with Crippen LogP contribution in [0, 0.1) is 24.8 Å². The molecule has 0 saturated heterocycles. The molecule has 0 atom stereocenters. The number of benzene rings is 6. The minimum Gasteiger partial charge on any atom is -0.560 e. The monoisotopic (exact) mass is 1140 g/mol. The van der Waals surface area contributed by atoms with Crippen LogP contribution < -0.4 is 33.2 Å². The van der Waals surface area contributed by atoms with Gasteiger partial charge in [-0.05, 0) is 51.6 Å². The van der Waals surface area contributed by atoms with Crippen molar-refractivity contribution in [3.8, 4) is 90.9 Å². The van der Waals surface area contributed by atoms with E-state index in [1.165, 1.54) is 12.3 Å². The molecule has 16 heteroatoms. The number of rotatable bonds is 11. The van der Waals surface area contributed by atoms with Crippen LogP contribution in [-0.4, -0.2) is 52.6 Å². The van der Waals surface area contributed by atoms with E-state index in [9.17, 15) is 13.2 Å². The van der Waals surface area contributed by atoms with Crippen molar-refractivity contribution in [2.45, 2.75) is 6.18 Å². The third kappa shape index (κ3) is 11.5. The maximum absolute atomic E-state index is 12.1. The zero-order valence-electron chi connectivity index (χ0n) is 39.8. The zero-order chi connectivity index (χ0) is 49.9. The first-order chi connectivity index (χ1) is 34.5. The first-order valence-electron chi connectivity index (χ1n) is 22.0. The number of alkyl halides is 3. The standard InChI is InChI=1S/2C24H21N2O2.C8H4F3N4.Ir/c2*1-25-17-26(21-15-14-20(27-2)16-22(21)28-3)24(19-12-8-5-9-13-19)23(25)18-10-6-4-7-11-18;9-8(10,11)7-13-6(14-15-7)5-3-1-2-4-12-5;/h2*4-14,16H,1-3H3;1-4H;/q3*-1;. The molecule has 367 valence electrons. The first-order valence-corrected chi connectivity index (χ1v) is 22.0. The van der Waals surface area contributed by atoms with Gasteiger partial charge in [-0.3, -0.25) is 10.1 Å². The van der Waals surface area contributed by atoms with Gasteiger partial charge in [0, 0.05) is 49.3 Å². The summed E-state index contributed by atoms with van der Waals surface area (Å²) in [5.74, 6) is 1.36. The van der Waals surface area contributed by atoms with E-state index in [0.717, 1.165) is 56.4 Å². The van der Waals surface area contributed by atoms with Gasteiger partial charge < -0.3 is 47.3 Å². The van der Waals surface area contributed by atoms with Gasteiger partial charge in [0.1, 0.15) is 5.82 Å². The molecule has 72 heavy (non-hydrogen) atoms. The molecule has 10 aromatic rings. The van der Waals surface area contributed by atoms with Gasteiger partial charge in [-0.25, -0.2) is 0 Å². The SMILES string of the molecule is COc1c[c-]c(-n2[c-][n+](C)c(-c3ccccc3)c2-c2ccccc2)c(OC)c1.COc1c[c-]c(-n2[c-][n+](C)c(-c3ccccc3)c2-c2ccccc2)c(OC)c1.FC(F)(F)c1n[n-]c(-c2ccccn2)n1.[Ir]. The fraction of sp³-hybridized carbons (Fsp3) is 0.125. The van der Waals surface area contributed by atoms with Crippen LogP contribution in [0.5, 0.6) is 23.0 Å². The predicted octanol–water partition coefficient (Wildman–Crippen LogP) is 10.0. The largest absolute Gasteiger partial charge is 0.560 e. The van der Waals surface area contributed by atoms with E-state index in [1.54, 1.807) is 40.6 Å². The average molecular weight is 1140 g/mol. The number of aryl methyl sites for hydroxylation is 2. The Morgan fingerprint density at radius 3 is 1.29 bits per heavy atom. The third-order valence-corrected chi connectivity index (χ3v) is 10.9. The number of hydrogen-bond acceptors (Lipinski definition) is 7. The van der Waals surface area contributed by atoms with Gasteiger partial charge in [-0.2, -0.15) is 25.3 Å². The molecule has 0 N–H and O–H groups in total. The molecular formula is C56H46F3IrN8O4-3. The Balaban J connectivity index is 0.000000165. The Kier molecular flexibility index (Phi) is 16.8. The smallest absolute Gasteiger partial charge is 0.429 e. The molecule has 0 spiro atoms. The fourth-order valence-corrected chi connectivity index (χ4v) is 7.69. The number of imidazole rings is 2.